The molecule has 0 aromatic carbocycles. The van der Waals surface area contributed by atoms with Crippen LogP contribution in [0.15, 0.2) is 47.1 Å². The maximum Gasteiger partial charge on any atom is 0.333 e. The summed E-state index contributed by atoms with van der Waals surface area (Å²) in [6.45, 7) is 3.65. The van der Waals surface area contributed by atoms with E-state index in [1.807, 2.05) is 19.1 Å². The molecular weight excluding hydrogens is 552 g/mol. The molecule has 8 unspecified atom stereocenters. The summed E-state index contributed by atoms with van der Waals surface area (Å²) in [6.07, 6.45) is 9.45. The van der Waals surface area contributed by atoms with Crippen LogP contribution in [-0.4, -0.2) is 64.5 Å². The van der Waals surface area contributed by atoms with Crippen molar-refractivity contribution in [2.24, 2.45) is 39.5 Å². The lowest BCUT2D eigenvalue weighted by Crippen LogP contribution is -2.62. The first-order valence-electron chi connectivity index (χ1n) is 13.8. The molecule has 41 heavy (non-hydrogen) atoms. The summed E-state index contributed by atoms with van der Waals surface area (Å²) in [5.74, 6) is -2.09. The predicted octanol–water partition coefficient (Wildman–Crippen LogP) is 4.99. The normalized spacial score (nSPS) is 38.4. The number of fused-ring (bicyclic) bond motifs is 5. The summed E-state index contributed by atoms with van der Waals surface area (Å²) in [5, 5.41) is 19.5. The highest BCUT2D eigenvalue weighted by Crippen LogP contribution is 2.67. The van der Waals surface area contributed by atoms with Crippen molar-refractivity contribution in [2.45, 2.75) is 51.2 Å². The number of allylic oxidation sites excluding steroid dienone is 4. The standard InChI is InChI=1S/C30H35F2N3O5S/c1-28-11-17(13-33)22(35-19-5-7-24(32)34-14-19)10-18(28)4-6-20-21-8-9-30(27(38)41-16-31,40-25(37)15-39-3)29(21,2)12-23(36)26(20)28/h4-7,10,13-14,17,20-21,23,26,33,36H,8-9,11-12,15-16H2,1-3H3. The van der Waals surface area contributed by atoms with Gasteiger partial charge < -0.3 is 20.0 Å². The van der Waals surface area contributed by atoms with Crippen LogP contribution in [-0.2, 0) is 19.1 Å². The minimum atomic E-state index is -1.58. The number of aromatic nitrogens is 1. The van der Waals surface area contributed by atoms with Gasteiger partial charge in [-0.05, 0) is 78.5 Å². The first kappa shape index (κ1) is 29.7. The molecule has 4 aliphatic carbocycles. The van der Waals surface area contributed by atoms with Crippen LogP contribution >= 0.6 is 11.8 Å². The Labute approximate surface area is 242 Å². The van der Waals surface area contributed by atoms with E-state index in [9.17, 15) is 23.5 Å². The number of ether oxygens (including phenoxy) is 2. The van der Waals surface area contributed by atoms with Gasteiger partial charge >= 0.3 is 5.97 Å². The van der Waals surface area contributed by atoms with E-state index in [-0.39, 0.29) is 43.1 Å². The molecule has 0 aliphatic heterocycles. The molecular formula is C30H35F2N3O5S. The van der Waals surface area contributed by atoms with E-state index in [1.165, 1.54) is 31.7 Å². The number of aliphatic imine (C=N–C) groups is 1. The van der Waals surface area contributed by atoms with Gasteiger partial charge in [0.15, 0.2) is 5.60 Å². The van der Waals surface area contributed by atoms with Crippen molar-refractivity contribution in [3.63, 3.8) is 0 Å². The Morgan fingerprint density at radius 1 is 1.32 bits per heavy atom. The number of thioether (sulfide) groups is 1. The Kier molecular flexibility index (Phi) is 8.08. The molecule has 8 atom stereocenters. The molecule has 11 heteroatoms. The number of hydrogen-bond donors (Lipinski definition) is 2. The van der Waals surface area contributed by atoms with Crippen molar-refractivity contribution >= 4 is 40.5 Å². The molecule has 0 saturated heterocycles. The van der Waals surface area contributed by atoms with Gasteiger partial charge in [-0.3, -0.25) is 9.79 Å². The summed E-state index contributed by atoms with van der Waals surface area (Å²) < 4.78 is 37.5. The van der Waals surface area contributed by atoms with Crippen molar-refractivity contribution in [3.8, 4) is 0 Å². The number of pyridine rings is 1. The fourth-order valence-corrected chi connectivity index (χ4v) is 8.86. The molecule has 0 spiro atoms. The highest BCUT2D eigenvalue weighted by atomic mass is 32.2. The third kappa shape index (κ3) is 4.79. The number of methoxy groups -OCH3 is 1. The van der Waals surface area contributed by atoms with Crippen LogP contribution in [0.25, 0.3) is 0 Å². The van der Waals surface area contributed by atoms with Gasteiger partial charge in [0.05, 0.1) is 18.0 Å². The third-order valence-electron chi connectivity index (χ3n) is 9.93. The molecule has 8 nitrogen and oxygen atoms in total. The highest BCUT2D eigenvalue weighted by Gasteiger charge is 2.70. The smallest absolute Gasteiger partial charge is 0.333 e. The van der Waals surface area contributed by atoms with E-state index < -0.39 is 45.6 Å². The molecule has 0 amide bonds. The summed E-state index contributed by atoms with van der Waals surface area (Å²) in [7, 11) is 1.36. The SMILES string of the molecule is COCC(=O)OC1(C(=O)SCF)CCC2C3C=CC4=CC(=Nc5ccc(F)nc5)C(C=N)CC4(C)C3C(O)CC21C. The lowest BCUT2D eigenvalue weighted by atomic mass is 9.46. The number of alkyl halides is 1. The highest BCUT2D eigenvalue weighted by molar-refractivity contribution is 8.13. The molecule has 2 saturated carbocycles. The monoisotopic (exact) mass is 587 g/mol. The molecule has 1 aromatic heterocycles. The van der Waals surface area contributed by atoms with Crippen molar-refractivity contribution in [1.29, 1.82) is 5.41 Å². The van der Waals surface area contributed by atoms with Gasteiger partial charge in [0.1, 0.15) is 12.6 Å². The number of rotatable bonds is 7. The average molecular weight is 588 g/mol. The van der Waals surface area contributed by atoms with Crippen LogP contribution in [0.5, 0.6) is 0 Å². The zero-order chi connectivity index (χ0) is 29.6. The van der Waals surface area contributed by atoms with Crippen molar-refractivity contribution in [1.82, 2.24) is 4.98 Å². The van der Waals surface area contributed by atoms with Crippen LogP contribution in [0.3, 0.4) is 0 Å². The second-order valence-electron chi connectivity index (χ2n) is 11.9. The molecule has 5 rings (SSSR count). The number of halogens is 2. The van der Waals surface area contributed by atoms with E-state index >= 15 is 0 Å². The van der Waals surface area contributed by atoms with Crippen molar-refractivity contribution < 1.29 is 33.0 Å². The van der Waals surface area contributed by atoms with Crippen LogP contribution in [0.4, 0.5) is 14.5 Å². The van der Waals surface area contributed by atoms with Crippen molar-refractivity contribution in [3.05, 3.63) is 48.1 Å². The van der Waals surface area contributed by atoms with E-state index in [0.717, 1.165) is 5.57 Å². The largest absolute Gasteiger partial charge is 0.448 e. The lowest BCUT2D eigenvalue weighted by Gasteiger charge is -2.59. The Bertz CT molecular complexity index is 1320. The zero-order valence-corrected chi connectivity index (χ0v) is 24.1. The molecule has 0 radical (unpaired) electrons. The number of carbonyl (C=O) groups excluding carboxylic acids is 2. The van der Waals surface area contributed by atoms with Crippen LogP contribution in [0, 0.1) is 45.9 Å². The molecule has 2 N–H and O–H groups in total. The second kappa shape index (κ2) is 11.1. The van der Waals surface area contributed by atoms with E-state index in [0.29, 0.717) is 36.0 Å². The maximum atomic E-state index is 13.4. The fraction of sp³-hybridized carbons (Fsp3) is 0.567. The van der Waals surface area contributed by atoms with Gasteiger partial charge in [0.2, 0.25) is 11.1 Å². The van der Waals surface area contributed by atoms with Crippen LogP contribution < -0.4 is 0 Å². The van der Waals surface area contributed by atoms with Gasteiger partial charge in [0, 0.05) is 36.3 Å². The summed E-state index contributed by atoms with van der Waals surface area (Å²) in [6, 6.07) is 1.84. The minimum Gasteiger partial charge on any atom is -0.448 e. The zero-order valence-electron chi connectivity index (χ0n) is 23.3. The Balaban J connectivity index is 1.54. The van der Waals surface area contributed by atoms with Gasteiger partial charge in [-0.25, -0.2) is 14.2 Å². The van der Waals surface area contributed by atoms with Crippen LogP contribution in [0.1, 0.15) is 39.5 Å². The Morgan fingerprint density at radius 2 is 2.10 bits per heavy atom. The van der Waals surface area contributed by atoms with Crippen LogP contribution in [0.2, 0.25) is 0 Å². The predicted molar refractivity (Wildman–Crippen MR) is 151 cm³/mol. The van der Waals surface area contributed by atoms with Gasteiger partial charge in [-0.1, -0.05) is 26.0 Å². The Hall–Kier alpha value is -2.76. The maximum absolute atomic E-state index is 13.4. The second-order valence-corrected chi connectivity index (χ2v) is 12.8. The number of aliphatic hydroxyl groups excluding tert-OH is 1. The molecule has 0 bridgehead atoms. The number of esters is 1. The van der Waals surface area contributed by atoms with Gasteiger partial charge in [-0.15, -0.1) is 0 Å². The first-order chi connectivity index (χ1) is 19.5. The average Bonchev–Trinajstić information content (AvgIpc) is 3.21. The number of hydrogen-bond acceptors (Lipinski definition) is 9. The number of nitrogens with one attached hydrogen (secondary N) is 1. The summed E-state index contributed by atoms with van der Waals surface area (Å²) in [4.78, 5) is 34.4. The van der Waals surface area contributed by atoms with E-state index in [2.05, 4.69) is 23.0 Å². The Morgan fingerprint density at radius 3 is 2.76 bits per heavy atom. The lowest BCUT2D eigenvalue weighted by molar-refractivity contribution is -0.194. The van der Waals surface area contributed by atoms with Gasteiger partial charge in [0.25, 0.3) is 0 Å². The van der Waals surface area contributed by atoms with E-state index in [4.69, 9.17) is 14.9 Å². The first-order valence-corrected chi connectivity index (χ1v) is 14.7. The van der Waals surface area contributed by atoms with Gasteiger partial charge in [-0.2, -0.15) is 4.39 Å². The number of nitrogens with zero attached hydrogens (tertiary/aromatic N) is 2. The molecule has 1 heterocycles. The topological polar surface area (TPSA) is 122 Å². The number of carbonyl (C=O) groups is 2. The summed E-state index contributed by atoms with van der Waals surface area (Å²) in [5.41, 5.74) is -0.866. The fourth-order valence-electron chi connectivity index (χ4n) is 8.15. The third-order valence-corrected chi connectivity index (χ3v) is 10.6. The molecule has 1 aromatic rings. The molecule has 4 aliphatic rings. The molecule has 220 valence electrons. The van der Waals surface area contributed by atoms with E-state index in [1.54, 1.807) is 0 Å². The summed E-state index contributed by atoms with van der Waals surface area (Å²) >= 11 is 0.499. The quantitative estimate of drug-likeness (QED) is 0.262. The molecule has 2 fully saturated rings. The minimum absolute atomic E-state index is 0.108. The number of aliphatic hydroxyl groups is 1. The van der Waals surface area contributed by atoms with Crippen molar-refractivity contribution in [2.75, 3.05) is 19.7 Å².